The minimum absolute atomic E-state index is 0.0782. The van der Waals surface area contributed by atoms with Gasteiger partial charge in [0, 0.05) is 24.1 Å². The fourth-order valence-corrected chi connectivity index (χ4v) is 2.93. The van der Waals surface area contributed by atoms with Gasteiger partial charge in [0.1, 0.15) is 0 Å². The van der Waals surface area contributed by atoms with Gasteiger partial charge in [-0.1, -0.05) is 0 Å². The van der Waals surface area contributed by atoms with Crippen molar-refractivity contribution >= 4 is 34.1 Å². The van der Waals surface area contributed by atoms with Crippen LogP contribution < -0.4 is 11.1 Å². The van der Waals surface area contributed by atoms with Gasteiger partial charge >= 0.3 is 0 Å². The molecule has 6 heteroatoms. The molecule has 16 heavy (non-hydrogen) atoms. The summed E-state index contributed by atoms with van der Waals surface area (Å²) in [4.78, 5) is 15.1. The third-order valence-corrected chi connectivity index (χ3v) is 3.63. The van der Waals surface area contributed by atoms with Gasteiger partial charge in [-0.15, -0.1) is 11.3 Å². The predicted octanol–water partition coefficient (Wildman–Crippen LogP) is 2.07. The lowest BCUT2D eigenvalue weighted by molar-refractivity contribution is -0.114. The molecule has 1 aromatic rings. The highest BCUT2D eigenvalue weighted by atomic mass is 32.2. The van der Waals surface area contributed by atoms with E-state index in [4.69, 9.17) is 5.73 Å². The first-order valence-corrected chi connectivity index (χ1v) is 7.16. The fourth-order valence-electron chi connectivity index (χ4n) is 1.03. The number of nitrogens with two attached hydrogens (primary N) is 1. The van der Waals surface area contributed by atoms with Crippen molar-refractivity contribution in [2.75, 3.05) is 11.1 Å². The maximum absolute atomic E-state index is 10.8. The molecule has 0 aromatic carbocycles. The van der Waals surface area contributed by atoms with E-state index in [2.05, 4.69) is 10.3 Å². The monoisotopic (exact) mass is 259 g/mol. The molecule has 90 valence electrons. The van der Waals surface area contributed by atoms with Gasteiger partial charge < -0.3 is 11.1 Å². The van der Waals surface area contributed by atoms with E-state index in [0.717, 1.165) is 23.6 Å². The second-order valence-electron chi connectivity index (χ2n) is 3.64. The van der Waals surface area contributed by atoms with Gasteiger partial charge in [0.25, 0.3) is 0 Å². The standard InChI is InChI=1S/C10H17N3OS2/c1-7(11)3-4-15-5-9-6-16-10(13-9)12-8(2)14/h6-7H,3-5,11H2,1-2H3,(H,12,13,14). The molecule has 1 rings (SSSR count). The van der Waals surface area contributed by atoms with Crippen LogP contribution in [-0.4, -0.2) is 22.7 Å². The summed E-state index contributed by atoms with van der Waals surface area (Å²) in [6.45, 7) is 3.50. The summed E-state index contributed by atoms with van der Waals surface area (Å²) in [5.41, 5.74) is 6.67. The molecule has 0 fully saturated rings. The van der Waals surface area contributed by atoms with Gasteiger partial charge in [0.2, 0.25) is 5.91 Å². The molecular formula is C10H17N3OS2. The number of carbonyl (C=O) groups is 1. The molecule has 1 unspecified atom stereocenters. The smallest absolute Gasteiger partial charge is 0.223 e. The summed E-state index contributed by atoms with van der Waals surface area (Å²) in [6.07, 6.45) is 1.02. The van der Waals surface area contributed by atoms with Gasteiger partial charge in [-0.2, -0.15) is 11.8 Å². The van der Waals surface area contributed by atoms with Crippen molar-refractivity contribution in [1.82, 2.24) is 4.98 Å². The summed E-state index contributed by atoms with van der Waals surface area (Å²) >= 11 is 3.28. The van der Waals surface area contributed by atoms with Crippen LogP contribution >= 0.6 is 23.1 Å². The molecule has 1 atom stereocenters. The molecule has 0 bridgehead atoms. The van der Waals surface area contributed by atoms with Crippen LogP contribution in [0.4, 0.5) is 5.13 Å². The van der Waals surface area contributed by atoms with Crippen molar-refractivity contribution in [2.24, 2.45) is 5.73 Å². The van der Waals surface area contributed by atoms with E-state index in [1.165, 1.54) is 18.3 Å². The topological polar surface area (TPSA) is 68.0 Å². The molecule has 0 aliphatic heterocycles. The molecule has 1 heterocycles. The Morgan fingerprint density at radius 2 is 2.50 bits per heavy atom. The first-order chi connectivity index (χ1) is 7.58. The average molecular weight is 259 g/mol. The number of aromatic nitrogens is 1. The SMILES string of the molecule is CC(=O)Nc1nc(CSCCC(C)N)cs1. The van der Waals surface area contributed by atoms with Gasteiger partial charge in [-0.05, 0) is 19.1 Å². The third-order valence-electron chi connectivity index (χ3n) is 1.80. The summed E-state index contributed by atoms with van der Waals surface area (Å²) in [7, 11) is 0. The van der Waals surface area contributed by atoms with Crippen LogP contribution in [0.5, 0.6) is 0 Å². The second-order valence-corrected chi connectivity index (χ2v) is 5.61. The van der Waals surface area contributed by atoms with Crippen molar-refractivity contribution in [3.63, 3.8) is 0 Å². The molecule has 1 amide bonds. The van der Waals surface area contributed by atoms with Gasteiger partial charge in [0.05, 0.1) is 5.69 Å². The van der Waals surface area contributed by atoms with Gasteiger partial charge in [-0.25, -0.2) is 4.98 Å². The molecular weight excluding hydrogens is 242 g/mol. The zero-order valence-electron chi connectivity index (χ0n) is 9.53. The molecule has 0 saturated heterocycles. The predicted molar refractivity (Wildman–Crippen MR) is 70.8 cm³/mol. The normalized spacial score (nSPS) is 12.4. The maximum Gasteiger partial charge on any atom is 0.223 e. The second kappa shape index (κ2) is 6.88. The van der Waals surface area contributed by atoms with E-state index >= 15 is 0 Å². The number of carbonyl (C=O) groups excluding carboxylic acids is 1. The van der Waals surface area contributed by atoms with Crippen LogP contribution in [0.15, 0.2) is 5.38 Å². The summed E-state index contributed by atoms with van der Waals surface area (Å²) in [6, 6.07) is 0.262. The van der Waals surface area contributed by atoms with E-state index in [1.54, 1.807) is 0 Å². The number of amides is 1. The highest BCUT2D eigenvalue weighted by Crippen LogP contribution is 2.19. The first-order valence-electron chi connectivity index (χ1n) is 5.13. The van der Waals surface area contributed by atoms with Crippen LogP contribution in [-0.2, 0) is 10.5 Å². The lowest BCUT2D eigenvalue weighted by Crippen LogP contribution is -2.15. The van der Waals surface area contributed by atoms with Crippen molar-refractivity contribution in [3.05, 3.63) is 11.1 Å². The van der Waals surface area contributed by atoms with Crippen molar-refractivity contribution in [1.29, 1.82) is 0 Å². The number of nitrogens with zero attached hydrogens (tertiary/aromatic N) is 1. The van der Waals surface area contributed by atoms with E-state index in [1.807, 2.05) is 24.1 Å². The zero-order valence-corrected chi connectivity index (χ0v) is 11.2. The Labute approximate surface area is 104 Å². The molecule has 0 aliphatic rings. The number of hydrogen-bond donors (Lipinski definition) is 2. The van der Waals surface area contributed by atoms with Gasteiger partial charge in [-0.3, -0.25) is 4.79 Å². The summed E-state index contributed by atoms with van der Waals surface area (Å²) in [5.74, 6) is 1.85. The first kappa shape index (κ1) is 13.5. The highest BCUT2D eigenvalue weighted by Gasteiger charge is 2.03. The number of anilines is 1. The van der Waals surface area contributed by atoms with Crippen LogP contribution in [0.2, 0.25) is 0 Å². The molecule has 0 radical (unpaired) electrons. The molecule has 0 saturated carbocycles. The Morgan fingerprint density at radius 3 is 3.12 bits per heavy atom. The van der Waals surface area contributed by atoms with Crippen LogP contribution in [0, 0.1) is 0 Å². The minimum atomic E-state index is -0.0782. The molecule has 0 aliphatic carbocycles. The number of nitrogens with one attached hydrogen (secondary N) is 1. The molecule has 3 N–H and O–H groups in total. The number of hydrogen-bond acceptors (Lipinski definition) is 5. The Bertz CT molecular complexity index is 339. The van der Waals surface area contributed by atoms with Crippen LogP contribution in [0.1, 0.15) is 26.0 Å². The van der Waals surface area contributed by atoms with E-state index in [-0.39, 0.29) is 11.9 Å². The Kier molecular flexibility index (Phi) is 5.79. The Hall–Kier alpha value is -0.590. The van der Waals surface area contributed by atoms with Crippen molar-refractivity contribution in [3.8, 4) is 0 Å². The number of thiazole rings is 1. The van der Waals surface area contributed by atoms with E-state index in [0.29, 0.717) is 5.13 Å². The fraction of sp³-hybridized carbons (Fsp3) is 0.600. The molecule has 1 aromatic heterocycles. The Balaban J connectivity index is 2.26. The van der Waals surface area contributed by atoms with Crippen molar-refractivity contribution in [2.45, 2.75) is 32.1 Å². The lowest BCUT2D eigenvalue weighted by atomic mass is 10.3. The summed E-state index contributed by atoms with van der Waals surface area (Å²) in [5, 5.41) is 5.33. The summed E-state index contributed by atoms with van der Waals surface area (Å²) < 4.78 is 0. The van der Waals surface area contributed by atoms with Crippen LogP contribution in [0.25, 0.3) is 0 Å². The third kappa shape index (κ3) is 5.48. The minimum Gasteiger partial charge on any atom is -0.328 e. The van der Waals surface area contributed by atoms with E-state index in [9.17, 15) is 4.79 Å². The van der Waals surface area contributed by atoms with E-state index < -0.39 is 0 Å². The largest absolute Gasteiger partial charge is 0.328 e. The lowest BCUT2D eigenvalue weighted by Gasteiger charge is -2.02. The molecule has 0 spiro atoms. The molecule has 4 nitrogen and oxygen atoms in total. The number of rotatable bonds is 6. The maximum atomic E-state index is 10.8. The Morgan fingerprint density at radius 1 is 1.75 bits per heavy atom. The zero-order chi connectivity index (χ0) is 12.0. The van der Waals surface area contributed by atoms with Gasteiger partial charge in [0.15, 0.2) is 5.13 Å². The quantitative estimate of drug-likeness (QED) is 0.767. The van der Waals surface area contributed by atoms with Crippen LogP contribution in [0.3, 0.4) is 0 Å². The van der Waals surface area contributed by atoms with Crippen molar-refractivity contribution < 1.29 is 4.79 Å². The number of thioether (sulfide) groups is 1. The highest BCUT2D eigenvalue weighted by molar-refractivity contribution is 7.98. The average Bonchev–Trinajstić information content (AvgIpc) is 2.59.